The summed E-state index contributed by atoms with van der Waals surface area (Å²) < 4.78 is 0. The van der Waals surface area contributed by atoms with E-state index in [2.05, 4.69) is 44.4 Å². The molecule has 2 aliphatic rings. The van der Waals surface area contributed by atoms with Gasteiger partial charge in [0.25, 0.3) is 0 Å². The summed E-state index contributed by atoms with van der Waals surface area (Å²) in [7, 11) is 0. The van der Waals surface area contributed by atoms with Crippen molar-refractivity contribution in [1.29, 1.82) is 0 Å². The molecular formula is C26H52N2. The molecule has 28 heavy (non-hydrogen) atoms. The van der Waals surface area contributed by atoms with Crippen LogP contribution in [0.15, 0.2) is 0 Å². The first-order valence-corrected chi connectivity index (χ1v) is 13.2. The fourth-order valence-corrected chi connectivity index (χ4v) is 6.17. The molecule has 4 atom stereocenters. The Labute approximate surface area is 177 Å². The van der Waals surface area contributed by atoms with Crippen molar-refractivity contribution in [3.63, 3.8) is 0 Å². The van der Waals surface area contributed by atoms with E-state index in [-0.39, 0.29) is 0 Å². The van der Waals surface area contributed by atoms with Crippen molar-refractivity contribution in [2.45, 2.75) is 118 Å². The number of unbranched alkanes of at least 4 members (excludes halogenated alkanes) is 6. The third kappa shape index (κ3) is 6.73. The molecule has 0 spiro atoms. The van der Waals surface area contributed by atoms with Crippen LogP contribution in [0.5, 0.6) is 0 Å². The summed E-state index contributed by atoms with van der Waals surface area (Å²) >= 11 is 0. The molecule has 2 heterocycles. The first-order chi connectivity index (χ1) is 13.7. The molecule has 2 fully saturated rings. The number of rotatable bonds is 14. The second-order valence-corrected chi connectivity index (χ2v) is 9.97. The quantitative estimate of drug-likeness (QED) is 0.289. The summed E-state index contributed by atoms with van der Waals surface area (Å²) in [6, 6.07) is 0. The Kier molecular flexibility index (Phi) is 11.5. The molecule has 2 aliphatic heterocycles. The molecular weight excluding hydrogens is 340 g/mol. The molecule has 0 aromatic rings. The Morgan fingerprint density at radius 1 is 0.536 bits per heavy atom. The highest BCUT2D eigenvalue weighted by Crippen LogP contribution is 2.36. The van der Waals surface area contributed by atoms with Crippen LogP contribution in [0.4, 0.5) is 0 Å². The van der Waals surface area contributed by atoms with Gasteiger partial charge in [-0.15, -0.1) is 0 Å². The zero-order chi connectivity index (χ0) is 20.4. The second kappa shape index (κ2) is 13.3. The van der Waals surface area contributed by atoms with Crippen molar-refractivity contribution in [3.05, 3.63) is 0 Å². The molecule has 2 saturated heterocycles. The van der Waals surface area contributed by atoms with Crippen molar-refractivity contribution in [2.24, 2.45) is 23.7 Å². The predicted octanol–water partition coefficient (Wildman–Crippen LogP) is 7.19. The molecule has 0 saturated carbocycles. The zero-order valence-corrected chi connectivity index (χ0v) is 20.1. The van der Waals surface area contributed by atoms with E-state index in [9.17, 15) is 0 Å². The van der Waals surface area contributed by atoms with Gasteiger partial charge in [-0.25, -0.2) is 0 Å². The van der Waals surface area contributed by atoms with Gasteiger partial charge < -0.3 is 0 Å². The summed E-state index contributed by atoms with van der Waals surface area (Å²) in [4.78, 5) is 5.84. The van der Waals surface area contributed by atoms with Gasteiger partial charge in [0.1, 0.15) is 0 Å². The largest absolute Gasteiger partial charge is 0.287 e. The first-order valence-electron chi connectivity index (χ1n) is 13.2. The molecule has 0 aliphatic carbocycles. The normalized spacial score (nSPS) is 30.3. The van der Waals surface area contributed by atoms with E-state index >= 15 is 0 Å². The van der Waals surface area contributed by atoms with Gasteiger partial charge in [-0.05, 0) is 30.1 Å². The highest BCUT2D eigenvalue weighted by Gasteiger charge is 2.40. The molecule has 2 nitrogen and oxygen atoms in total. The lowest BCUT2D eigenvalue weighted by molar-refractivity contribution is 0.0595. The van der Waals surface area contributed by atoms with Crippen LogP contribution in [0.25, 0.3) is 0 Å². The van der Waals surface area contributed by atoms with E-state index < -0.39 is 0 Å². The van der Waals surface area contributed by atoms with Gasteiger partial charge in [-0.2, -0.15) is 0 Å². The summed E-state index contributed by atoms with van der Waals surface area (Å²) in [6.07, 6.45) is 17.7. The smallest absolute Gasteiger partial charge is 0.0622 e. The molecule has 0 aromatic heterocycles. The minimum Gasteiger partial charge on any atom is -0.287 e. The van der Waals surface area contributed by atoms with Crippen LogP contribution in [0.1, 0.15) is 112 Å². The van der Waals surface area contributed by atoms with Gasteiger partial charge in [-0.1, -0.05) is 105 Å². The molecule has 0 amide bonds. The van der Waals surface area contributed by atoms with E-state index in [0.717, 1.165) is 29.8 Å². The summed E-state index contributed by atoms with van der Waals surface area (Å²) in [5.74, 6) is 3.75. The van der Waals surface area contributed by atoms with Gasteiger partial charge in [-0.3, -0.25) is 9.80 Å². The van der Waals surface area contributed by atoms with Crippen LogP contribution in [-0.4, -0.2) is 42.1 Å². The lowest BCUT2D eigenvalue weighted by Crippen LogP contribution is -2.47. The molecule has 0 aromatic carbocycles. The van der Waals surface area contributed by atoms with Gasteiger partial charge in [0.05, 0.1) is 6.17 Å². The van der Waals surface area contributed by atoms with Crippen molar-refractivity contribution in [2.75, 3.05) is 26.2 Å². The van der Waals surface area contributed by atoms with Gasteiger partial charge in [0.2, 0.25) is 0 Å². The fourth-order valence-electron chi connectivity index (χ4n) is 6.17. The van der Waals surface area contributed by atoms with Crippen LogP contribution in [0.2, 0.25) is 0 Å². The molecule has 2 rings (SSSR count). The maximum absolute atomic E-state index is 2.92. The average Bonchev–Trinajstić information content (AvgIpc) is 3.33. The lowest BCUT2D eigenvalue weighted by Gasteiger charge is -2.36. The fraction of sp³-hybridized carbons (Fsp3) is 1.00. The van der Waals surface area contributed by atoms with Crippen LogP contribution in [0, 0.1) is 23.7 Å². The molecule has 4 unspecified atom stereocenters. The van der Waals surface area contributed by atoms with Crippen molar-refractivity contribution < 1.29 is 0 Å². The number of hydrogen-bond acceptors (Lipinski definition) is 2. The van der Waals surface area contributed by atoms with E-state index in [1.807, 2.05) is 0 Å². The Bertz CT molecular complexity index is 344. The molecule has 0 N–H and O–H groups in total. The Balaban J connectivity index is 1.92. The van der Waals surface area contributed by atoms with E-state index in [0.29, 0.717) is 0 Å². The van der Waals surface area contributed by atoms with Gasteiger partial charge >= 0.3 is 0 Å². The summed E-state index contributed by atoms with van der Waals surface area (Å²) in [5.41, 5.74) is 0. The third-order valence-electron chi connectivity index (χ3n) is 8.22. The highest BCUT2D eigenvalue weighted by atomic mass is 15.4. The monoisotopic (exact) mass is 392 g/mol. The van der Waals surface area contributed by atoms with Crippen LogP contribution in [0.3, 0.4) is 0 Å². The van der Waals surface area contributed by atoms with E-state index in [1.54, 1.807) is 0 Å². The topological polar surface area (TPSA) is 6.48 Å². The molecule has 166 valence electrons. The molecule has 0 bridgehead atoms. The first kappa shape index (κ1) is 24.2. The average molecular weight is 393 g/mol. The third-order valence-corrected chi connectivity index (χ3v) is 8.22. The Morgan fingerprint density at radius 3 is 1.25 bits per heavy atom. The number of likely N-dealkylation sites (tertiary alicyclic amines) is 2. The minimum absolute atomic E-state index is 0.729. The van der Waals surface area contributed by atoms with Crippen molar-refractivity contribution in [1.82, 2.24) is 9.80 Å². The highest BCUT2D eigenvalue weighted by molar-refractivity contribution is 4.91. The minimum atomic E-state index is 0.729. The summed E-state index contributed by atoms with van der Waals surface area (Å²) in [6.45, 7) is 17.4. The Hall–Kier alpha value is -0.0800. The van der Waals surface area contributed by atoms with Crippen molar-refractivity contribution in [3.8, 4) is 0 Å². The lowest BCUT2D eigenvalue weighted by atomic mass is 9.92. The van der Waals surface area contributed by atoms with Crippen LogP contribution >= 0.6 is 0 Å². The predicted molar refractivity (Wildman–Crippen MR) is 125 cm³/mol. The van der Waals surface area contributed by atoms with Gasteiger partial charge in [0.15, 0.2) is 0 Å². The van der Waals surface area contributed by atoms with Crippen LogP contribution < -0.4 is 0 Å². The van der Waals surface area contributed by atoms with Gasteiger partial charge in [0, 0.05) is 26.2 Å². The number of nitrogens with zero attached hydrogens (tertiary/aromatic N) is 2. The van der Waals surface area contributed by atoms with E-state index in [4.69, 9.17) is 0 Å². The maximum Gasteiger partial charge on any atom is 0.0622 e. The van der Waals surface area contributed by atoms with E-state index in [1.165, 1.54) is 103 Å². The second-order valence-electron chi connectivity index (χ2n) is 9.97. The Morgan fingerprint density at radius 2 is 0.893 bits per heavy atom. The molecule has 2 heteroatoms. The SMILES string of the molecule is CCCCCCCCCC(N1CC(CC)C(CC)C1)N1CC(CC)C(CC)C1. The molecule has 0 radical (unpaired) electrons. The zero-order valence-electron chi connectivity index (χ0n) is 20.1. The van der Waals surface area contributed by atoms with Crippen molar-refractivity contribution >= 4 is 0 Å². The summed E-state index contributed by atoms with van der Waals surface area (Å²) in [5, 5.41) is 0. The van der Waals surface area contributed by atoms with Crippen LogP contribution in [-0.2, 0) is 0 Å². The number of hydrogen-bond donors (Lipinski definition) is 0. The standard InChI is InChI=1S/C26H52N2/c1-6-11-12-13-14-15-16-17-26(27-18-22(7-2)23(8-3)19-27)28-20-24(9-4)25(10-5)21-28/h22-26H,6-21H2,1-5H3. The maximum atomic E-state index is 2.92.